The van der Waals surface area contributed by atoms with E-state index in [-0.39, 0.29) is 0 Å². The zero-order valence-electron chi connectivity index (χ0n) is 7.79. The van der Waals surface area contributed by atoms with Crippen molar-refractivity contribution in [2.75, 3.05) is 0 Å². The highest BCUT2D eigenvalue weighted by Crippen LogP contribution is 2.24. The van der Waals surface area contributed by atoms with Crippen molar-refractivity contribution in [3.63, 3.8) is 0 Å². The van der Waals surface area contributed by atoms with Crippen LogP contribution in [0.1, 0.15) is 19.9 Å². The minimum atomic E-state index is 0.536. The molecule has 0 unspecified atom stereocenters. The van der Waals surface area contributed by atoms with E-state index in [1.54, 1.807) is 0 Å². The van der Waals surface area contributed by atoms with E-state index in [1.165, 1.54) is 14.5 Å². The summed E-state index contributed by atoms with van der Waals surface area (Å²) in [5, 5.41) is 1.33. The van der Waals surface area contributed by atoms with Crippen LogP contribution in [-0.2, 0) is 0 Å². The van der Waals surface area contributed by atoms with E-state index < -0.39 is 0 Å². The highest BCUT2D eigenvalue weighted by Gasteiger charge is 2.05. The van der Waals surface area contributed by atoms with Gasteiger partial charge in [0.25, 0.3) is 0 Å². The summed E-state index contributed by atoms with van der Waals surface area (Å²) in [6.07, 6.45) is 2.16. The van der Waals surface area contributed by atoms with Crippen LogP contribution in [0.4, 0.5) is 0 Å². The van der Waals surface area contributed by atoms with Gasteiger partial charge >= 0.3 is 0 Å². The minimum Gasteiger partial charge on any atom is -0.344 e. The van der Waals surface area contributed by atoms with Gasteiger partial charge in [-0.1, -0.05) is 12.1 Å². The van der Waals surface area contributed by atoms with Crippen LogP contribution in [0.5, 0.6) is 0 Å². The van der Waals surface area contributed by atoms with Gasteiger partial charge in [-0.25, -0.2) is 0 Å². The molecule has 1 aromatic carbocycles. The molecule has 2 rings (SSSR count). The number of hydrogen-bond acceptors (Lipinski definition) is 0. The minimum absolute atomic E-state index is 0.536. The number of benzene rings is 1. The second-order valence-corrected chi connectivity index (χ2v) is 4.66. The van der Waals surface area contributed by atoms with Crippen molar-refractivity contribution in [2.45, 2.75) is 19.9 Å². The summed E-state index contributed by atoms with van der Waals surface area (Å²) < 4.78 is 3.64. The Morgan fingerprint density at radius 1 is 1.23 bits per heavy atom. The monoisotopic (exact) mass is 285 g/mol. The summed E-state index contributed by atoms with van der Waals surface area (Å²) in [4.78, 5) is 0. The average Bonchev–Trinajstić information content (AvgIpc) is 2.49. The molecule has 0 saturated carbocycles. The number of fused-ring (bicyclic) bond motifs is 1. The van der Waals surface area contributed by atoms with Crippen LogP contribution in [0.3, 0.4) is 0 Å². The smallest absolute Gasteiger partial charge is 0.0618 e. The Balaban J connectivity index is 2.79. The topological polar surface area (TPSA) is 4.93 Å². The van der Waals surface area contributed by atoms with Crippen LogP contribution in [0.15, 0.2) is 30.5 Å². The average molecular weight is 285 g/mol. The zero-order valence-corrected chi connectivity index (χ0v) is 9.95. The molecule has 0 radical (unpaired) electrons. The lowest BCUT2D eigenvalue weighted by Gasteiger charge is -2.10. The third-order valence-electron chi connectivity index (χ3n) is 2.25. The van der Waals surface area contributed by atoms with Crippen LogP contribution in [0.25, 0.3) is 10.9 Å². The van der Waals surface area contributed by atoms with Crippen molar-refractivity contribution in [3.05, 3.63) is 34.0 Å². The van der Waals surface area contributed by atoms with Gasteiger partial charge in [-0.05, 0) is 48.6 Å². The molecule has 0 amide bonds. The fourth-order valence-electron chi connectivity index (χ4n) is 1.60. The van der Waals surface area contributed by atoms with Gasteiger partial charge in [0, 0.05) is 21.2 Å². The van der Waals surface area contributed by atoms with Gasteiger partial charge in [0.05, 0.1) is 5.52 Å². The molecule has 2 aromatic rings. The third-order valence-corrected chi connectivity index (χ3v) is 3.12. The standard InChI is InChI=1S/C11H12IN/c1-8(2)13-7-6-9-4-3-5-10(12)11(9)13/h3-8H,1-2H3. The Hall–Kier alpha value is -0.510. The Morgan fingerprint density at radius 3 is 2.69 bits per heavy atom. The van der Waals surface area contributed by atoms with E-state index in [0.29, 0.717) is 6.04 Å². The molecule has 0 atom stereocenters. The molecule has 2 heteroatoms. The summed E-state index contributed by atoms with van der Waals surface area (Å²) in [5.74, 6) is 0. The third kappa shape index (κ3) is 1.47. The number of halogens is 1. The molecule has 0 saturated heterocycles. The Bertz CT molecular complexity index is 429. The first-order valence-corrected chi connectivity index (χ1v) is 5.53. The lowest BCUT2D eigenvalue weighted by molar-refractivity contribution is 0.622. The van der Waals surface area contributed by atoms with Crippen molar-refractivity contribution < 1.29 is 0 Å². The molecule has 0 aliphatic rings. The molecule has 68 valence electrons. The molecule has 13 heavy (non-hydrogen) atoms. The lowest BCUT2D eigenvalue weighted by atomic mass is 10.2. The lowest BCUT2D eigenvalue weighted by Crippen LogP contribution is -1.98. The first kappa shape index (κ1) is 9.06. The first-order chi connectivity index (χ1) is 6.20. The SMILES string of the molecule is CC(C)n1ccc2cccc(I)c21. The molecular formula is C11H12IN. The first-order valence-electron chi connectivity index (χ1n) is 4.45. The van der Waals surface area contributed by atoms with Crippen LogP contribution in [-0.4, -0.2) is 4.57 Å². The fourth-order valence-corrected chi connectivity index (χ4v) is 2.40. The van der Waals surface area contributed by atoms with Gasteiger partial charge in [0.2, 0.25) is 0 Å². The molecule has 0 bridgehead atoms. The molecule has 1 heterocycles. The summed E-state index contributed by atoms with van der Waals surface area (Å²) in [5.41, 5.74) is 1.36. The van der Waals surface area contributed by atoms with E-state index in [9.17, 15) is 0 Å². The molecule has 1 aromatic heterocycles. The summed E-state index contributed by atoms with van der Waals surface area (Å²) in [6.45, 7) is 4.42. The van der Waals surface area contributed by atoms with E-state index >= 15 is 0 Å². The van der Waals surface area contributed by atoms with Gasteiger partial charge in [0.15, 0.2) is 0 Å². The molecule has 1 nitrogen and oxygen atoms in total. The van der Waals surface area contributed by atoms with Crippen LogP contribution < -0.4 is 0 Å². The maximum Gasteiger partial charge on any atom is 0.0618 e. The van der Waals surface area contributed by atoms with Crippen LogP contribution >= 0.6 is 22.6 Å². The summed E-state index contributed by atoms with van der Waals surface area (Å²) in [6, 6.07) is 9.14. The Kier molecular flexibility index (Phi) is 2.32. The predicted octanol–water partition coefficient (Wildman–Crippen LogP) is 3.83. The van der Waals surface area contributed by atoms with Crippen molar-refractivity contribution in [1.82, 2.24) is 4.57 Å². The number of aromatic nitrogens is 1. The van der Waals surface area contributed by atoms with E-state index in [0.717, 1.165) is 0 Å². The van der Waals surface area contributed by atoms with Crippen molar-refractivity contribution in [3.8, 4) is 0 Å². The molecule has 0 N–H and O–H groups in total. The van der Waals surface area contributed by atoms with Gasteiger partial charge in [0.1, 0.15) is 0 Å². The van der Waals surface area contributed by atoms with E-state index in [2.05, 4.69) is 71.5 Å². The zero-order chi connectivity index (χ0) is 9.42. The van der Waals surface area contributed by atoms with Crippen LogP contribution in [0.2, 0.25) is 0 Å². The molecule has 0 aliphatic carbocycles. The molecule has 0 spiro atoms. The highest BCUT2D eigenvalue weighted by atomic mass is 127. The highest BCUT2D eigenvalue weighted by molar-refractivity contribution is 14.1. The predicted molar refractivity (Wildman–Crippen MR) is 65.0 cm³/mol. The van der Waals surface area contributed by atoms with Crippen LogP contribution in [0, 0.1) is 3.57 Å². The van der Waals surface area contributed by atoms with E-state index in [1.807, 2.05) is 0 Å². The van der Waals surface area contributed by atoms with E-state index in [4.69, 9.17) is 0 Å². The quantitative estimate of drug-likeness (QED) is 0.702. The number of para-hydroxylation sites is 1. The number of hydrogen-bond donors (Lipinski definition) is 0. The second kappa shape index (κ2) is 3.33. The van der Waals surface area contributed by atoms with Crippen molar-refractivity contribution >= 4 is 33.5 Å². The Morgan fingerprint density at radius 2 is 2.00 bits per heavy atom. The van der Waals surface area contributed by atoms with Crippen molar-refractivity contribution in [1.29, 1.82) is 0 Å². The number of nitrogens with zero attached hydrogens (tertiary/aromatic N) is 1. The van der Waals surface area contributed by atoms with Crippen molar-refractivity contribution in [2.24, 2.45) is 0 Å². The van der Waals surface area contributed by atoms with Gasteiger partial charge in [-0.15, -0.1) is 0 Å². The maximum absolute atomic E-state index is 2.39. The normalized spacial score (nSPS) is 11.4. The summed E-state index contributed by atoms with van der Waals surface area (Å²) >= 11 is 2.39. The Labute approximate surface area is 91.9 Å². The molecular weight excluding hydrogens is 273 g/mol. The maximum atomic E-state index is 2.39. The van der Waals surface area contributed by atoms with Gasteiger partial charge in [-0.3, -0.25) is 0 Å². The van der Waals surface area contributed by atoms with Gasteiger partial charge in [-0.2, -0.15) is 0 Å². The largest absolute Gasteiger partial charge is 0.344 e. The molecule has 0 fully saturated rings. The summed E-state index contributed by atoms with van der Waals surface area (Å²) in [7, 11) is 0. The van der Waals surface area contributed by atoms with Gasteiger partial charge < -0.3 is 4.57 Å². The fraction of sp³-hybridized carbons (Fsp3) is 0.273. The number of rotatable bonds is 1. The molecule has 0 aliphatic heterocycles. The second-order valence-electron chi connectivity index (χ2n) is 3.49.